The zero-order chi connectivity index (χ0) is 14.3. The number of rotatable bonds is 7. The fraction of sp³-hybridized carbons (Fsp3) is 0.562. The number of aliphatic hydroxyl groups is 1. The molecule has 1 N–H and O–H groups in total. The quantitative estimate of drug-likeness (QED) is 0.821. The van der Waals surface area contributed by atoms with Gasteiger partial charge in [-0.2, -0.15) is 0 Å². The van der Waals surface area contributed by atoms with Crippen LogP contribution in [0, 0.1) is 0 Å². The average molecular weight is 263 g/mol. The van der Waals surface area contributed by atoms with Gasteiger partial charge in [0.25, 0.3) is 0 Å². The van der Waals surface area contributed by atoms with Gasteiger partial charge in [0, 0.05) is 26.6 Å². The number of amides is 1. The molecule has 1 rings (SSSR count). The van der Waals surface area contributed by atoms with Crippen LogP contribution in [0.25, 0.3) is 0 Å². The molecule has 0 atom stereocenters. The lowest BCUT2D eigenvalue weighted by atomic mass is 10.0. The molecule has 0 aliphatic carbocycles. The lowest BCUT2D eigenvalue weighted by Crippen LogP contribution is -2.28. The number of nitrogens with zero attached hydrogens (tertiary/aromatic N) is 1. The minimum absolute atomic E-state index is 0.0796. The number of aliphatic hydroxyl groups excluding tert-OH is 1. The van der Waals surface area contributed by atoms with Gasteiger partial charge in [0.05, 0.1) is 0 Å². The van der Waals surface area contributed by atoms with E-state index in [1.54, 1.807) is 4.90 Å². The first kappa shape index (κ1) is 15.7. The van der Waals surface area contributed by atoms with Gasteiger partial charge in [-0.15, -0.1) is 0 Å². The Hall–Kier alpha value is -1.35. The van der Waals surface area contributed by atoms with Crippen LogP contribution >= 0.6 is 0 Å². The number of carbonyl (C=O) groups is 1. The number of benzene rings is 1. The Bertz CT molecular complexity index is 384. The molecule has 3 heteroatoms. The lowest BCUT2D eigenvalue weighted by Gasteiger charge is -2.17. The summed E-state index contributed by atoms with van der Waals surface area (Å²) in [5, 5.41) is 8.70. The number of hydrogen-bond acceptors (Lipinski definition) is 2. The van der Waals surface area contributed by atoms with E-state index in [4.69, 9.17) is 5.11 Å². The van der Waals surface area contributed by atoms with Crippen molar-refractivity contribution in [2.45, 2.75) is 39.0 Å². The number of carbonyl (C=O) groups excluding carboxylic acids is 1. The first-order valence-corrected chi connectivity index (χ1v) is 6.98. The molecular formula is C16H25NO2. The predicted octanol–water partition coefficient (Wildman–Crippen LogP) is 2.58. The van der Waals surface area contributed by atoms with E-state index >= 15 is 0 Å². The van der Waals surface area contributed by atoms with Crippen LogP contribution in [0.15, 0.2) is 24.3 Å². The Morgan fingerprint density at radius 3 is 2.42 bits per heavy atom. The number of likely N-dealkylation sites (N-methyl/N-ethyl adjacent to an activating group) is 1. The van der Waals surface area contributed by atoms with Gasteiger partial charge >= 0.3 is 0 Å². The van der Waals surface area contributed by atoms with E-state index in [1.165, 1.54) is 11.1 Å². The van der Waals surface area contributed by atoms with Crippen LogP contribution < -0.4 is 0 Å². The summed E-state index contributed by atoms with van der Waals surface area (Å²) in [7, 11) is 1.82. The Labute approximate surface area is 116 Å². The molecule has 0 aliphatic heterocycles. The Morgan fingerprint density at radius 1 is 1.26 bits per heavy atom. The third kappa shape index (κ3) is 5.43. The monoisotopic (exact) mass is 263 g/mol. The van der Waals surface area contributed by atoms with Crippen LogP contribution in [-0.2, 0) is 11.2 Å². The van der Waals surface area contributed by atoms with Crippen molar-refractivity contribution in [3.63, 3.8) is 0 Å². The first-order chi connectivity index (χ1) is 9.04. The molecule has 0 bridgehead atoms. The van der Waals surface area contributed by atoms with Gasteiger partial charge in [-0.25, -0.2) is 0 Å². The van der Waals surface area contributed by atoms with Crippen molar-refractivity contribution < 1.29 is 9.90 Å². The van der Waals surface area contributed by atoms with E-state index < -0.39 is 0 Å². The highest BCUT2D eigenvalue weighted by atomic mass is 16.3. The number of hydrogen-bond donors (Lipinski definition) is 1. The van der Waals surface area contributed by atoms with Gasteiger partial charge in [0.1, 0.15) is 0 Å². The van der Waals surface area contributed by atoms with Gasteiger partial charge < -0.3 is 10.0 Å². The van der Waals surface area contributed by atoms with Crippen LogP contribution in [0.2, 0.25) is 0 Å². The minimum Gasteiger partial charge on any atom is -0.396 e. The molecule has 0 saturated carbocycles. The molecule has 0 saturated heterocycles. The van der Waals surface area contributed by atoms with E-state index in [-0.39, 0.29) is 12.5 Å². The van der Waals surface area contributed by atoms with Crippen molar-refractivity contribution in [3.8, 4) is 0 Å². The van der Waals surface area contributed by atoms with Crippen molar-refractivity contribution in [3.05, 3.63) is 35.4 Å². The van der Waals surface area contributed by atoms with Crippen LogP contribution in [-0.4, -0.2) is 36.1 Å². The minimum atomic E-state index is 0.0796. The molecule has 0 radical (unpaired) electrons. The Morgan fingerprint density at radius 2 is 1.89 bits per heavy atom. The van der Waals surface area contributed by atoms with Crippen molar-refractivity contribution >= 4 is 5.91 Å². The van der Waals surface area contributed by atoms with E-state index in [1.807, 2.05) is 7.05 Å². The van der Waals surface area contributed by atoms with Crippen LogP contribution in [0.1, 0.15) is 43.7 Å². The van der Waals surface area contributed by atoms with E-state index in [0.29, 0.717) is 18.8 Å². The van der Waals surface area contributed by atoms with Crippen LogP contribution in [0.3, 0.4) is 0 Å². The van der Waals surface area contributed by atoms with Crippen molar-refractivity contribution in [2.75, 3.05) is 20.2 Å². The van der Waals surface area contributed by atoms with E-state index in [9.17, 15) is 4.79 Å². The summed E-state index contributed by atoms with van der Waals surface area (Å²) < 4.78 is 0. The molecule has 1 aromatic carbocycles. The molecule has 19 heavy (non-hydrogen) atoms. The van der Waals surface area contributed by atoms with Gasteiger partial charge in [0.15, 0.2) is 0 Å². The average Bonchev–Trinajstić information content (AvgIpc) is 2.42. The summed E-state index contributed by atoms with van der Waals surface area (Å²) in [5.74, 6) is 0.657. The molecule has 0 aliphatic rings. The second-order valence-corrected chi connectivity index (χ2v) is 5.29. The highest BCUT2D eigenvalue weighted by Crippen LogP contribution is 2.15. The maximum Gasteiger partial charge on any atom is 0.222 e. The third-order valence-corrected chi connectivity index (χ3v) is 3.36. The Balaban J connectivity index is 2.41. The molecular weight excluding hydrogens is 238 g/mol. The summed E-state index contributed by atoms with van der Waals surface area (Å²) in [6, 6.07) is 8.60. The molecule has 0 fully saturated rings. The van der Waals surface area contributed by atoms with Crippen LogP contribution in [0.5, 0.6) is 0 Å². The Kier molecular flexibility index (Phi) is 6.57. The fourth-order valence-corrected chi connectivity index (χ4v) is 1.91. The van der Waals surface area contributed by atoms with E-state index in [2.05, 4.69) is 38.1 Å². The summed E-state index contributed by atoms with van der Waals surface area (Å²) in [6.07, 6.45) is 1.85. The zero-order valence-electron chi connectivity index (χ0n) is 12.2. The molecule has 0 aromatic heterocycles. The largest absolute Gasteiger partial charge is 0.396 e. The molecule has 1 aromatic rings. The van der Waals surface area contributed by atoms with Crippen molar-refractivity contribution in [1.82, 2.24) is 4.90 Å². The highest BCUT2D eigenvalue weighted by molar-refractivity contribution is 5.75. The van der Waals surface area contributed by atoms with Gasteiger partial charge in [-0.1, -0.05) is 38.1 Å². The predicted molar refractivity (Wildman–Crippen MR) is 78.2 cm³/mol. The second kappa shape index (κ2) is 7.95. The van der Waals surface area contributed by atoms with Gasteiger partial charge in [-0.05, 0) is 29.9 Å². The summed E-state index contributed by atoms with van der Waals surface area (Å²) >= 11 is 0. The SMILES string of the molecule is CC(C)c1ccc(CCN(C)C(=O)CCCO)cc1. The first-order valence-electron chi connectivity index (χ1n) is 6.98. The van der Waals surface area contributed by atoms with Crippen molar-refractivity contribution in [2.24, 2.45) is 0 Å². The molecule has 1 amide bonds. The zero-order valence-corrected chi connectivity index (χ0v) is 12.2. The summed E-state index contributed by atoms with van der Waals surface area (Å²) in [4.78, 5) is 13.4. The lowest BCUT2D eigenvalue weighted by molar-refractivity contribution is -0.130. The fourth-order valence-electron chi connectivity index (χ4n) is 1.91. The topological polar surface area (TPSA) is 40.5 Å². The summed E-state index contributed by atoms with van der Waals surface area (Å²) in [5.41, 5.74) is 2.60. The van der Waals surface area contributed by atoms with Gasteiger partial charge in [0.2, 0.25) is 5.91 Å². The third-order valence-electron chi connectivity index (χ3n) is 3.36. The molecule has 0 spiro atoms. The normalized spacial score (nSPS) is 10.8. The molecule has 106 valence electrons. The highest BCUT2D eigenvalue weighted by Gasteiger charge is 2.08. The van der Waals surface area contributed by atoms with E-state index in [0.717, 1.165) is 13.0 Å². The molecule has 0 unspecified atom stereocenters. The molecule has 0 heterocycles. The van der Waals surface area contributed by atoms with Crippen LogP contribution in [0.4, 0.5) is 0 Å². The maximum atomic E-state index is 11.7. The second-order valence-electron chi connectivity index (χ2n) is 5.29. The summed E-state index contributed by atoms with van der Waals surface area (Å²) in [6.45, 7) is 5.17. The smallest absolute Gasteiger partial charge is 0.222 e. The maximum absolute atomic E-state index is 11.7. The van der Waals surface area contributed by atoms with Crippen molar-refractivity contribution in [1.29, 1.82) is 0 Å². The molecule has 3 nitrogen and oxygen atoms in total. The standard InChI is InChI=1S/C16H25NO2/c1-13(2)15-8-6-14(7-9-15)10-11-17(3)16(19)5-4-12-18/h6-9,13,18H,4-5,10-12H2,1-3H3. The van der Waals surface area contributed by atoms with Gasteiger partial charge in [-0.3, -0.25) is 4.79 Å².